The topological polar surface area (TPSA) is 34.1 Å². The molecule has 1 rings (SSSR count). The molecule has 1 aromatic rings. The Morgan fingerprint density at radius 1 is 1.15 bits per heavy atom. The van der Waals surface area contributed by atoms with Crippen LogP contribution in [0.4, 0.5) is 0 Å². The Bertz CT molecular complexity index is 419. The number of nitrogens with zero attached hydrogens (tertiary/aromatic N) is 1. The number of hydrogen-bond donors (Lipinski definition) is 1. The van der Waals surface area contributed by atoms with Crippen molar-refractivity contribution in [3.63, 3.8) is 0 Å². The van der Waals surface area contributed by atoms with Gasteiger partial charge in [0.15, 0.2) is 0 Å². The number of thiazole rings is 1. The van der Waals surface area contributed by atoms with Crippen LogP contribution in [0.25, 0.3) is 0 Å². The van der Waals surface area contributed by atoms with Gasteiger partial charge in [0, 0.05) is 23.6 Å². The van der Waals surface area contributed by atoms with E-state index in [-0.39, 0.29) is 11.1 Å². The summed E-state index contributed by atoms with van der Waals surface area (Å²) in [6, 6.07) is 0. The van der Waals surface area contributed by atoms with Crippen LogP contribution in [0.1, 0.15) is 70.5 Å². The number of nitrogens with one attached hydrogen (secondary N) is 1. The first-order chi connectivity index (χ1) is 9.19. The molecule has 1 aromatic heterocycles. The number of aromatic nitrogens is 1. The minimum Gasteiger partial charge on any atom is -0.369 e. The number of ether oxygens (including phenoxy) is 1. The minimum atomic E-state index is -0.290. The van der Waals surface area contributed by atoms with E-state index in [9.17, 15) is 0 Å². The first-order valence-corrected chi connectivity index (χ1v) is 8.39. The highest BCUT2D eigenvalue weighted by molar-refractivity contribution is 7.11. The van der Waals surface area contributed by atoms with Gasteiger partial charge in [0.1, 0.15) is 10.6 Å². The predicted octanol–water partition coefficient (Wildman–Crippen LogP) is 4.26. The molecular formula is C16H30N2OS. The van der Waals surface area contributed by atoms with Crippen molar-refractivity contribution >= 4 is 11.3 Å². The molecule has 0 fully saturated rings. The van der Waals surface area contributed by atoms with E-state index in [0.29, 0.717) is 6.61 Å². The maximum Gasteiger partial charge on any atom is 0.125 e. The van der Waals surface area contributed by atoms with Gasteiger partial charge >= 0.3 is 0 Å². The molecule has 116 valence electrons. The molecule has 0 spiro atoms. The van der Waals surface area contributed by atoms with E-state index < -0.39 is 0 Å². The summed E-state index contributed by atoms with van der Waals surface area (Å²) in [6.07, 6.45) is 2.17. The predicted molar refractivity (Wildman–Crippen MR) is 87.4 cm³/mol. The Balaban J connectivity index is 2.95. The van der Waals surface area contributed by atoms with E-state index in [1.807, 2.05) is 6.92 Å². The Labute approximate surface area is 128 Å². The van der Waals surface area contributed by atoms with Crippen molar-refractivity contribution in [2.45, 2.75) is 79.0 Å². The van der Waals surface area contributed by atoms with Crippen molar-refractivity contribution in [3.05, 3.63) is 15.6 Å². The van der Waals surface area contributed by atoms with Crippen LogP contribution in [0.15, 0.2) is 0 Å². The van der Waals surface area contributed by atoms with Gasteiger partial charge < -0.3 is 10.1 Å². The molecule has 0 amide bonds. The summed E-state index contributed by atoms with van der Waals surface area (Å²) in [5.74, 6) is 0. The lowest BCUT2D eigenvalue weighted by molar-refractivity contribution is -0.0142. The van der Waals surface area contributed by atoms with Gasteiger partial charge in [-0.3, -0.25) is 0 Å². The van der Waals surface area contributed by atoms with Gasteiger partial charge in [0.05, 0.1) is 5.69 Å². The van der Waals surface area contributed by atoms with Crippen molar-refractivity contribution in [2.24, 2.45) is 0 Å². The van der Waals surface area contributed by atoms with E-state index in [0.717, 1.165) is 24.4 Å². The molecule has 1 N–H and O–H groups in total. The lowest BCUT2D eigenvalue weighted by Gasteiger charge is -2.21. The highest BCUT2D eigenvalue weighted by Crippen LogP contribution is 2.31. The lowest BCUT2D eigenvalue weighted by Crippen LogP contribution is -2.35. The highest BCUT2D eigenvalue weighted by Gasteiger charge is 2.26. The molecule has 0 aliphatic rings. The first-order valence-electron chi connectivity index (χ1n) is 7.57. The van der Waals surface area contributed by atoms with Gasteiger partial charge in [-0.15, -0.1) is 11.3 Å². The van der Waals surface area contributed by atoms with E-state index in [1.165, 1.54) is 10.6 Å². The third-order valence-corrected chi connectivity index (χ3v) is 4.47. The SMILES string of the molecule is CCCc1nc(C(C)(C)OCC)sc1CNC(C)(C)C. The van der Waals surface area contributed by atoms with Crippen LogP contribution >= 0.6 is 11.3 Å². The zero-order valence-corrected chi connectivity index (χ0v) is 14.9. The van der Waals surface area contributed by atoms with Crippen LogP contribution in [0, 0.1) is 0 Å². The van der Waals surface area contributed by atoms with Gasteiger partial charge in [0.2, 0.25) is 0 Å². The van der Waals surface area contributed by atoms with Crippen molar-refractivity contribution in [1.82, 2.24) is 10.3 Å². The quantitative estimate of drug-likeness (QED) is 0.817. The fourth-order valence-electron chi connectivity index (χ4n) is 1.98. The van der Waals surface area contributed by atoms with E-state index in [4.69, 9.17) is 9.72 Å². The lowest BCUT2D eigenvalue weighted by atomic mass is 10.1. The molecule has 0 aromatic carbocycles. The molecule has 3 nitrogen and oxygen atoms in total. The first kappa shape index (κ1) is 17.6. The summed E-state index contributed by atoms with van der Waals surface area (Å²) in [6.45, 7) is 16.6. The van der Waals surface area contributed by atoms with Gasteiger partial charge in [0.25, 0.3) is 0 Å². The second-order valence-electron chi connectivity index (χ2n) is 6.69. The maximum absolute atomic E-state index is 5.83. The monoisotopic (exact) mass is 298 g/mol. The van der Waals surface area contributed by atoms with Gasteiger partial charge in [-0.05, 0) is 48.0 Å². The minimum absolute atomic E-state index is 0.128. The van der Waals surface area contributed by atoms with Crippen LogP contribution < -0.4 is 5.32 Å². The molecule has 0 bridgehead atoms. The zero-order chi connectivity index (χ0) is 15.4. The fraction of sp³-hybridized carbons (Fsp3) is 0.812. The average Bonchev–Trinajstić information content (AvgIpc) is 2.70. The summed E-state index contributed by atoms with van der Waals surface area (Å²) in [7, 11) is 0. The highest BCUT2D eigenvalue weighted by atomic mass is 32.1. The fourth-order valence-corrected chi connectivity index (χ4v) is 3.08. The summed E-state index contributed by atoms with van der Waals surface area (Å²) >= 11 is 1.79. The van der Waals surface area contributed by atoms with E-state index >= 15 is 0 Å². The molecule has 0 unspecified atom stereocenters. The van der Waals surface area contributed by atoms with Gasteiger partial charge in [-0.2, -0.15) is 0 Å². The molecular weight excluding hydrogens is 268 g/mol. The van der Waals surface area contributed by atoms with Crippen molar-refractivity contribution in [2.75, 3.05) is 6.61 Å². The van der Waals surface area contributed by atoms with Crippen LogP contribution in [-0.4, -0.2) is 17.1 Å². The third-order valence-electron chi connectivity index (χ3n) is 3.06. The van der Waals surface area contributed by atoms with E-state index in [1.54, 1.807) is 11.3 Å². The summed E-state index contributed by atoms with van der Waals surface area (Å²) in [5, 5.41) is 4.65. The standard InChI is InChI=1S/C16H30N2OS/c1-8-10-12-13(11-17-15(3,4)5)20-14(18-12)16(6,7)19-9-2/h17H,8-11H2,1-7H3. The zero-order valence-electron chi connectivity index (χ0n) is 14.1. The average molecular weight is 298 g/mol. The van der Waals surface area contributed by atoms with Crippen molar-refractivity contribution in [3.8, 4) is 0 Å². The number of aryl methyl sites for hydroxylation is 1. The summed E-state index contributed by atoms with van der Waals surface area (Å²) in [4.78, 5) is 6.20. The summed E-state index contributed by atoms with van der Waals surface area (Å²) < 4.78 is 5.83. The van der Waals surface area contributed by atoms with Crippen LogP contribution in [0.2, 0.25) is 0 Å². The van der Waals surface area contributed by atoms with Crippen molar-refractivity contribution < 1.29 is 4.74 Å². The molecule has 20 heavy (non-hydrogen) atoms. The molecule has 0 saturated heterocycles. The smallest absolute Gasteiger partial charge is 0.125 e. The Morgan fingerprint density at radius 2 is 1.80 bits per heavy atom. The van der Waals surface area contributed by atoms with Gasteiger partial charge in [-0.25, -0.2) is 4.98 Å². The molecule has 0 atom stereocenters. The second kappa shape index (κ2) is 7.01. The molecule has 1 heterocycles. The van der Waals surface area contributed by atoms with Gasteiger partial charge in [-0.1, -0.05) is 13.3 Å². The Morgan fingerprint density at radius 3 is 2.30 bits per heavy atom. The molecule has 4 heteroatoms. The number of rotatable bonds is 7. The Kier molecular flexibility index (Phi) is 6.17. The second-order valence-corrected chi connectivity index (χ2v) is 7.77. The largest absolute Gasteiger partial charge is 0.369 e. The normalized spacial score (nSPS) is 12.9. The molecule has 0 aliphatic heterocycles. The molecule has 0 saturated carbocycles. The number of hydrogen-bond acceptors (Lipinski definition) is 4. The molecule has 0 radical (unpaired) electrons. The van der Waals surface area contributed by atoms with Crippen LogP contribution in [0.3, 0.4) is 0 Å². The summed E-state index contributed by atoms with van der Waals surface area (Å²) in [5.41, 5.74) is 1.07. The third kappa shape index (κ3) is 5.15. The molecule has 0 aliphatic carbocycles. The van der Waals surface area contributed by atoms with Crippen LogP contribution in [-0.2, 0) is 23.3 Å². The Hall–Kier alpha value is -0.450. The van der Waals surface area contributed by atoms with Crippen LogP contribution in [0.5, 0.6) is 0 Å². The van der Waals surface area contributed by atoms with Crippen molar-refractivity contribution in [1.29, 1.82) is 0 Å². The maximum atomic E-state index is 5.83. The van der Waals surface area contributed by atoms with E-state index in [2.05, 4.69) is 46.9 Å².